The number of allylic oxidation sites excluding steroid dienone is 2. The zero-order valence-corrected chi connectivity index (χ0v) is 14.2. The van der Waals surface area contributed by atoms with Crippen LogP contribution in [0.3, 0.4) is 0 Å². The molecule has 2 amide bonds. The molecule has 0 aromatic heterocycles. The van der Waals surface area contributed by atoms with Crippen LogP contribution in [0.2, 0.25) is 10.0 Å². The summed E-state index contributed by atoms with van der Waals surface area (Å²) in [6.45, 7) is 3.62. The third kappa shape index (κ3) is 4.06. The average Bonchev–Trinajstić information content (AvgIpc) is 2.46. The zero-order valence-electron chi connectivity index (χ0n) is 12.7. The molecule has 5 nitrogen and oxygen atoms in total. The lowest BCUT2D eigenvalue weighted by atomic mass is 9.95. The van der Waals surface area contributed by atoms with Crippen molar-refractivity contribution < 1.29 is 14.3 Å². The lowest BCUT2D eigenvalue weighted by molar-refractivity contribution is -0.138. The predicted molar refractivity (Wildman–Crippen MR) is 89.3 cm³/mol. The minimum atomic E-state index is -0.702. The van der Waals surface area contributed by atoms with Gasteiger partial charge in [0.15, 0.2) is 0 Å². The Bertz CT molecular complexity index is 699. The van der Waals surface area contributed by atoms with Gasteiger partial charge < -0.3 is 15.4 Å². The van der Waals surface area contributed by atoms with E-state index in [1.807, 2.05) is 6.92 Å². The van der Waals surface area contributed by atoms with Gasteiger partial charge in [0.1, 0.15) is 6.61 Å². The van der Waals surface area contributed by atoms with E-state index in [-0.39, 0.29) is 6.61 Å². The molecule has 1 heterocycles. The number of halogens is 2. The second-order valence-electron chi connectivity index (χ2n) is 4.90. The molecule has 1 unspecified atom stereocenters. The van der Waals surface area contributed by atoms with Crippen molar-refractivity contribution >= 4 is 35.2 Å². The molecule has 1 aliphatic heterocycles. The first-order chi connectivity index (χ1) is 10.9. The van der Waals surface area contributed by atoms with Gasteiger partial charge >= 0.3 is 12.0 Å². The SMILES string of the molecule is C/C=C/COC(=O)C1=C(C)NC(=O)NC1c1ccc(Cl)cc1Cl. The highest BCUT2D eigenvalue weighted by atomic mass is 35.5. The Labute approximate surface area is 144 Å². The van der Waals surface area contributed by atoms with Crippen LogP contribution in [0.4, 0.5) is 4.79 Å². The number of hydrogen-bond acceptors (Lipinski definition) is 3. The maximum atomic E-state index is 12.4. The lowest BCUT2D eigenvalue weighted by Gasteiger charge is -2.28. The monoisotopic (exact) mass is 354 g/mol. The number of amides is 2. The molecule has 0 spiro atoms. The second kappa shape index (κ2) is 7.53. The van der Waals surface area contributed by atoms with Gasteiger partial charge in [-0.3, -0.25) is 0 Å². The molecular formula is C16H16Cl2N2O3. The molecule has 2 N–H and O–H groups in total. The highest BCUT2D eigenvalue weighted by Crippen LogP contribution is 2.33. The summed E-state index contributed by atoms with van der Waals surface area (Å²) in [5.41, 5.74) is 1.30. The van der Waals surface area contributed by atoms with E-state index in [4.69, 9.17) is 27.9 Å². The molecule has 1 aromatic carbocycles. The Morgan fingerprint density at radius 3 is 2.78 bits per heavy atom. The summed E-state index contributed by atoms with van der Waals surface area (Å²) in [6, 6.07) is 3.77. The molecule has 0 aliphatic carbocycles. The molecule has 7 heteroatoms. The Hall–Kier alpha value is -1.98. The van der Waals surface area contributed by atoms with Crippen LogP contribution < -0.4 is 10.6 Å². The molecule has 0 saturated heterocycles. The topological polar surface area (TPSA) is 67.4 Å². The first-order valence-corrected chi connectivity index (χ1v) is 7.71. The van der Waals surface area contributed by atoms with Crippen LogP contribution >= 0.6 is 23.2 Å². The summed E-state index contributed by atoms with van der Waals surface area (Å²) >= 11 is 12.1. The number of esters is 1. The predicted octanol–water partition coefficient (Wildman–Crippen LogP) is 3.74. The molecule has 122 valence electrons. The Morgan fingerprint density at radius 1 is 1.39 bits per heavy atom. The maximum Gasteiger partial charge on any atom is 0.338 e. The van der Waals surface area contributed by atoms with Crippen LogP contribution in [0.5, 0.6) is 0 Å². The van der Waals surface area contributed by atoms with Crippen molar-refractivity contribution in [1.82, 2.24) is 10.6 Å². The van der Waals surface area contributed by atoms with E-state index >= 15 is 0 Å². The van der Waals surface area contributed by atoms with E-state index in [9.17, 15) is 9.59 Å². The van der Waals surface area contributed by atoms with Gasteiger partial charge in [0.2, 0.25) is 0 Å². The van der Waals surface area contributed by atoms with E-state index < -0.39 is 18.0 Å². The molecule has 1 aliphatic rings. The summed E-state index contributed by atoms with van der Waals surface area (Å²) < 4.78 is 5.20. The summed E-state index contributed by atoms with van der Waals surface area (Å²) in [6.07, 6.45) is 3.50. The fourth-order valence-electron chi connectivity index (χ4n) is 2.23. The molecule has 0 saturated carbocycles. The lowest BCUT2D eigenvalue weighted by Crippen LogP contribution is -2.45. The third-order valence-electron chi connectivity index (χ3n) is 3.31. The fraction of sp³-hybridized carbons (Fsp3) is 0.250. The zero-order chi connectivity index (χ0) is 17.0. The van der Waals surface area contributed by atoms with Crippen molar-refractivity contribution in [3.63, 3.8) is 0 Å². The average molecular weight is 355 g/mol. The summed E-state index contributed by atoms with van der Waals surface area (Å²) in [7, 11) is 0. The van der Waals surface area contributed by atoms with Crippen LogP contribution in [-0.2, 0) is 9.53 Å². The maximum absolute atomic E-state index is 12.4. The van der Waals surface area contributed by atoms with Crippen LogP contribution in [-0.4, -0.2) is 18.6 Å². The van der Waals surface area contributed by atoms with Gasteiger partial charge in [-0.15, -0.1) is 0 Å². The molecular weight excluding hydrogens is 339 g/mol. The number of urea groups is 1. The highest BCUT2D eigenvalue weighted by molar-refractivity contribution is 6.35. The van der Waals surface area contributed by atoms with E-state index in [2.05, 4.69) is 10.6 Å². The van der Waals surface area contributed by atoms with Gasteiger partial charge in [0, 0.05) is 15.7 Å². The van der Waals surface area contributed by atoms with Gasteiger partial charge in [-0.1, -0.05) is 41.4 Å². The molecule has 0 fully saturated rings. The summed E-state index contributed by atoms with van der Waals surface area (Å²) in [5, 5.41) is 6.09. The molecule has 23 heavy (non-hydrogen) atoms. The summed E-state index contributed by atoms with van der Waals surface area (Å²) in [5.74, 6) is -0.524. The van der Waals surface area contributed by atoms with Crippen molar-refractivity contribution in [2.24, 2.45) is 0 Å². The second-order valence-corrected chi connectivity index (χ2v) is 5.75. The standard InChI is InChI=1S/C16H16Cl2N2O3/c1-3-4-7-23-15(21)13-9(2)19-16(22)20-14(13)11-6-5-10(17)8-12(11)18/h3-6,8,14H,7H2,1-2H3,(H2,19,20,22)/b4-3+. The smallest absolute Gasteiger partial charge is 0.338 e. The van der Waals surface area contributed by atoms with Crippen molar-refractivity contribution in [1.29, 1.82) is 0 Å². The van der Waals surface area contributed by atoms with Gasteiger partial charge in [-0.25, -0.2) is 9.59 Å². The minimum absolute atomic E-state index is 0.154. The Kier molecular flexibility index (Phi) is 5.69. The van der Waals surface area contributed by atoms with Crippen molar-refractivity contribution in [2.45, 2.75) is 19.9 Å². The number of nitrogens with one attached hydrogen (secondary N) is 2. The van der Waals surface area contributed by atoms with Gasteiger partial charge in [-0.2, -0.15) is 0 Å². The Morgan fingerprint density at radius 2 is 2.13 bits per heavy atom. The summed E-state index contributed by atoms with van der Waals surface area (Å²) in [4.78, 5) is 24.2. The first kappa shape index (κ1) is 17.4. The number of carbonyl (C=O) groups is 2. The molecule has 2 rings (SSSR count). The van der Waals surface area contributed by atoms with Gasteiger partial charge in [0.25, 0.3) is 0 Å². The highest BCUT2D eigenvalue weighted by Gasteiger charge is 2.33. The number of hydrogen-bond donors (Lipinski definition) is 2. The van der Waals surface area contributed by atoms with E-state index in [0.717, 1.165) is 0 Å². The first-order valence-electron chi connectivity index (χ1n) is 6.95. The van der Waals surface area contributed by atoms with Crippen LogP contribution in [0.1, 0.15) is 25.5 Å². The molecule has 1 aromatic rings. The van der Waals surface area contributed by atoms with Gasteiger partial charge in [0.05, 0.1) is 11.6 Å². The van der Waals surface area contributed by atoms with Crippen molar-refractivity contribution in [3.05, 3.63) is 57.2 Å². The number of rotatable bonds is 4. The van der Waals surface area contributed by atoms with Crippen LogP contribution in [0.15, 0.2) is 41.6 Å². The van der Waals surface area contributed by atoms with E-state index in [1.54, 1.807) is 37.3 Å². The molecule has 0 bridgehead atoms. The number of carbonyl (C=O) groups excluding carboxylic acids is 2. The number of benzene rings is 1. The van der Waals surface area contributed by atoms with Gasteiger partial charge in [-0.05, 0) is 31.5 Å². The van der Waals surface area contributed by atoms with Crippen LogP contribution in [0.25, 0.3) is 0 Å². The fourth-order valence-corrected chi connectivity index (χ4v) is 2.75. The van der Waals surface area contributed by atoms with Crippen molar-refractivity contribution in [2.75, 3.05) is 6.61 Å². The Balaban J connectivity index is 2.39. The minimum Gasteiger partial charge on any atom is -0.458 e. The van der Waals surface area contributed by atoms with Crippen molar-refractivity contribution in [3.8, 4) is 0 Å². The third-order valence-corrected chi connectivity index (χ3v) is 3.87. The molecule has 0 radical (unpaired) electrons. The van der Waals surface area contributed by atoms with Crippen LogP contribution in [0, 0.1) is 0 Å². The quantitative estimate of drug-likeness (QED) is 0.639. The normalized spacial score (nSPS) is 17.9. The molecule has 1 atom stereocenters. The van der Waals surface area contributed by atoms with E-state index in [1.165, 1.54) is 0 Å². The largest absolute Gasteiger partial charge is 0.458 e. The number of ether oxygens (including phenoxy) is 1. The van der Waals surface area contributed by atoms with E-state index in [0.29, 0.717) is 26.9 Å².